The Hall–Kier alpha value is -3.96. The molecule has 4 aromatic rings. The van der Waals surface area contributed by atoms with E-state index >= 15 is 0 Å². The van der Waals surface area contributed by atoms with Gasteiger partial charge >= 0.3 is 0 Å². The fourth-order valence-corrected chi connectivity index (χ4v) is 3.98. The molecule has 12 heteroatoms. The van der Waals surface area contributed by atoms with Crippen molar-refractivity contribution in [1.82, 2.24) is 29.7 Å². The Balaban J connectivity index is 1.77. The minimum absolute atomic E-state index is 0.115. The summed E-state index contributed by atoms with van der Waals surface area (Å²) in [6.07, 6.45) is 3.80. The first-order valence-electron chi connectivity index (χ1n) is 11.2. The number of nitrogens with one attached hydrogen (secondary N) is 2. The van der Waals surface area contributed by atoms with Crippen LogP contribution in [0.2, 0.25) is 5.02 Å². The van der Waals surface area contributed by atoms with Gasteiger partial charge < -0.3 is 20.1 Å². The van der Waals surface area contributed by atoms with Gasteiger partial charge in [-0.05, 0) is 43.2 Å². The van der Waals surface area contributed by atoms with Crippen molar-refractivity contribution in [3.8, 4) is 11.7 Å². The molecule has 4 aromatic heterocycles. The van der Waals surface area contributed by atoms with Gasteiger partial charge in [-0.3, -0.25) is 9.59 Å². The molecule has 1 atom stereocenters. The van der Waals surface area contributed by atoms with Crippen molar-refractivity contribution >= 4 is 34.6 Å². The van der Waals surface area contributed by atoms with E-state index < -0.39 is 11.8 Å². The highest BCUT2D eigenvalue weighted by Crippen LogP contribution is 2.26. The van der Waals surface area contributed by atoms with E-state index in [9.17, 15) is 9.59 Å². The number of anilines is 1. The second-order valence-electron chi connectivity index (χ2n) is 8.00. The van der Waals surface area contributed by atoms with Gasteiger partial charge in [0.15, 0.2) is 11.5 Å². The number of rotatable bonds is 9. The van der Waals surface area contributed by atoms with Gasteiger partial charge in [0, 0.05) is 19.4 Å². The molecule has 188 valence electrons. The summed E-state index contributed by atoms with van der Waals surface area (Å²) in [5.74, 6) is -0.481. The number of amides is 2. The lowest BCUT2D eigenvalue weighted by atomic mass is 10.1. The Labute approximate surface area is 212 Å². The van der Waals surface area contributed by atoms with Crippen molar-refractivity contribution in [2.75, 3.05) is 26.1 Å². The zero-order valence-electron chi connectivity index (χ0n) is 20.3. The van der Waals surface area contributed by atoms with Crippen molar-refractivity contribution in [2.24, 2.45) is 0 Å². The minimum atomic E-state index is -0.542. The molecular formula is C24H26ClN7O4. The summed E-state index contributed by atoms with van der Waals surface area (Å²) >= 11 is 6.31. The smallest absolute Gasteiger partial charge is 0.274 e. The van der Waals surface area contributed by atoms with Gasteiger partial charge in [0.2, 0.25) is 5.88 Å². The van der Waals surface area contributed by atoms with Crippen LogP contribution in [0.3, 0.4) is 0 Å². The average molecular weight is 512 g/mol. The Morgan fingerprint density at radius 1 is 1.17 bits per heavy atom. The third-order valence-electron chi connectivity index (χ3n) is 5.60. The number of nitrogens with zero attached hydrogens (tertiary/aromatic N) is 5. The maximum atomic E-state index is 13.6. The number of carbonyl (C=O) groups is 2. The Morgan fingerprint density at radius 2 is 1.97 bits per heavy atom. The van der Waals surface area contributed by atoms with Crippen LogP contribution >= 0.6 is 11.6 Å². The largest absolute Gasteiger partial charge is 0.480 e. The van der Waals surface area contributed by atoms with Gasteiger partial charge in [-0.15, -0.1) is 5.10 Å². The van der Waals surface area contributed by atoms with Crippen LogP contribution in [0.4, 0.5) is 5.69 Å². The summed E-state index contributed by atoms with van der Waals surface area (Å²) in [6.45, 7) is 4.10. The number of ether oxygens (including phenoxy) is 2. The molecule has 2 amide bonds. The molecular weight excluding hydrogens is 486 g/mol. The topological polar surface area (TPSA) is 125 Å². The second-order valence-corrected chi connectivity index (χ2v) is 8.41. The number of methoxy groups -OCH3 is 2. The third kappa shape index (κ3) is 4.88. The van der Waals surface area contributed by atoms with E-state index in [1.54, 1.807) is 44.6 Å². The standard InChI is InChI=1S/C24H26ClN7O4/c1-5-15(13-35-3)28-24(34)21-20(14(2)11-16-8-10-27-31(16)21)29-23(33)18-12-19(36-4)30-32(18)22-17(25)7-6-9-26-22/h6-12,15H,5,13H2,1-4H3,(H,28,34)(H,29,33). The molecule has 0 spiro atoms. The number of halogens is 1. The summed E-state index contributed by atoms with van der Waals surface area (Å²) in [5, 5.41) is 14.7. The van der Waals surface area contributed by atoms with E-state index in [-0.39, 0.29) is 29.1 Å². The lowest BCUT2D eigenvalue weighted by Gasteiger charge is -2.19. The highest BCUT2D eigenvalue weighted by Gasteiger charge is 2.26. The molecule has 0 radical (unpaired) electrons. The maximum absolute atomic E-state index is 13.6. The van der Waals surface area contributed by atoms with Crippen molar-refractivity contribution in [2.45, 2.75) is 26.3 Å². The van der Waals surface area contributed by atoms with E-state index in [2.05, 4.69) is 25.8 Å². The molecule has 11 nitrogen and oxygen atoms in total. The van der Waals surface area contributed by atoms with Gasteiger partial charge in [0.25, 0.3) is 11.8 Å². The van der Waals surface area contributed by atoms with Gasteiger partial charge in [-0.2, -0.15) is 5.10 Å². The number of aryl methyl sites for hydroxylation is 1. The van der Waals surface area contributed by atoms with E-state index in [4.69, 9.17) is 21.1 Å². The Bertz CT molecular complexity index is 1410. The maximum Gasteiger partial charge on any atom is 0.274 e. The minimum Gasteiger partial charge on any atom is -0.480 e. The van der Waals surface area contributed by atoms with Crippen LogP contribution in [0, 0.1) is 6.92 Å². The molecule has 0 saturated heterocycles. The molecule has 0 aliphatic heterocycles. The van der Waals surface area contributed by atoms with E-state index in [1.807, 2.05) is 13.0 Å². The van der Waals surface area contributed by atoms with Gasteiger partial charge in [0.05, 0.1) is 42.2 Å². The van der Waals surface area contributed by atoms with Crippen LogP contribution in [0.1, 0.15) is 39.9 Å². The summed E-state index contributed by atoms with van der Waals surface area (Å²) < 4.78 is 13.2. The number of fused-ring (bicyclic) bond motifs is 1. The number of hydrogen-bond acceptors (Lipinski definition) is 7. The first-order valence-corrected chi connectivity index (χ1v) is 11.6. The van der Waals surface area contributed by atoms with Crippen LogP contribution < -0.4 is 15.4 Å². The first kappa shape index (κ1) is 25.1. The zero-order chi connectivity index (χ0) is 25.8. The highest BCUT2D eigenvalue weighted by atomic mass is 35.5. The Kier molecular flexibility index (Phi) is 7.51. The summed E-state index contributed by atoms with van der Waals surface area (Å²) in [7, 11) is 3.01. The van der Waals surface area contributed by atoms with Gasteiger partial charge in [0.1, 0.15) is 5.69 Å². The SMILES string of the molecule is CCC(COC)NC(=O)c1c(NC(=O)c2cc(OC)nn2-c2ncccc2Cl)c(C)cc2ccnn12. The normalized spacial score (nSPS) is 11.9. The van der Waals surface area contributed by atoms with E-state index in [0.717, 1.165) is 0 Å². The first-order chi connectivity index (χ1) is 17.4. The number of hydrogen-bond donors (Lipinski definition) is 2. The van der Waals surface area contributed by atoms with Crippen LogP contribution in [-0.2, 0) is 4.74 Å². The molecule has 0 saturated carbocycles. The molecule has 4 heterocycles. The van der Waals surface area contributed by atoms with Crippen LogP contribution in [0.5, 0.6) is 5.88 Å². The average Bonchev–Trinajstić information content (AvgIpc) is 3.51. The van der Waals surface area contributed by atoms with E-state index in [0.29, 0.717) is 34.8 Å². The predicted octanol–water partition coefficient (Wildman–Crippen LogP) is 3.29. The molecule has 2 N–H and O–H groups in total. The fourth-order valence-electron chi connectivity index (χ4n) is 3.77. The third-order valence-corrected chi connectivity index (χ3v) is 5.89. The van der Waals surface area contributed by atoms with Crippen LogP contribution in [0.15, 0.2) is 42.7 Å². The molecule has 0 aromatic carbocycles. The molecule has 4 rings (SSSR count). The molecule has 0 aliphatic rings. The van der Waals surface area contributed by atoms with Crippen LogP contribution in [0.25, 0.3) is 11.3 Å². The van der Waals surface area contributed by atoms with Crippen molar-refractivity contribution in [3.05, 3.63) is 64.7 Å². The molecule has 0 aliphatic carbocycles. The molecule has 0 fully saturated rings. The zero-order valence-corrected chi connectivity index (χ0v) is 21.0. The number of carbonyl (C=O) groups excluding carboxylic acids is 2. The molecule has 1 unspecified atom stereocenters. The van der Waals surface area contributed by atoms with E-state index in [1.165, 1.54) is 22.4 Å². The quantitative estimate of drug-likeness (QED) is 0.353. The predicted molar refractivity (Wildman–Crippen MR) is 134 cm³/mol. The van der Waals surface area contributed by atoms with Gasteiger partial charge in [-0.25, -0.2) is 14.2 Å². The second kappa shape index (κ2) is 10.8. The Morgan fingerprint density at radius 3 is 2.67 bits per heavy atom. The molecule has 0 bridgehead atoms. The number of pyridine rings is 2. The fraction of sp³-hybridized carbons (Fsp3) is 0.292. The summed E-state index contributed by atoms with van der Waals surface area (Å²) in [4.78, 5) is 31.2. The molecule has 36 heavy (non-hydrogen) atoms. The van der Waals surface area contributed by atoms with Crippen LogP contribution in [-0.4, -0.2) is 63.1 Å². The monoisotopic (exact) mass is 511 g/mol. The number of aromatic nitrogens is 5. The highest BCUT2D eigenvalue weighted by molar-refractivity contribution is 6.32. The van der Waals surface area contributed by atoms with Crippen molar-refractivity contribution < 1.29 is 19.1 Å². The van der Waals surface area contributed by atoms with Gasteiger partial charge in [-0.1, -0.05) is 18.5 Å². The summed E-state index contributed by atoms with van der Waals surface area (Å²) in [6, 6.07) is 8.18. The lowest BCUT2D eigenvalue weighted by molar-refractivity contribution is 0.0888. The van der Waals surface area contributed by atoms with Crippen molar-refractivity contribution in [1.29, 1.82) is 0 Å². The lowest BCUT2D eigenvalue weighted by Crippen LogP contribution is -2.39. The summed E-state index contributed by atoms with van der Waals surface area (Å²) in [5.41, 5.74) is 1.99. The van der Waals surface area contributed by atoms with Crippen molar-refractivity contribution in [3.63, 3.8) is 0 Å².